The highest BCUT2D eigenvalue weighted by molar-refractivity contribution is 5.80. The standard InChI is InChI=1S/C6H14N2O2/c1-4-10-8-6(9)5(2)7-3/h5,7H,4H2,1-3H3,(H,8,9). The summed E-state index contributed by atoms with van der Waals surface area (Å²) < 4.78 is 0. The van der Waals surface area contributed by atoms with Gasteiger partial charge in [0.25, 0.3) is 5.91 Å². The van der Waals surface area contributed by atoms with Crippen molar-refractivity contribution in [3.63, 3.8) is 0 Å². The lowest BCUT2D eigenvalue weighted by Gasteiger charge is -2.09. The second-order valence-corrected chi connectivity index (χ2v) is 1.91. The fraction of sp³-hybridized carbons (Fsp3) is 0.833. The van der Waals surface area contributed by atoms with Crippen LogP contribution >= 0.6 is 0 Å². The van der Waals surface area contributed by atoms with Gasteiger partial charge in [-0.3, -0.25) is 9.63 Å². The first-order valence-corrected chi connectivity index (χ1v) is 3.31. The molecule has 0 heterocycles. The van der Waals surface area contributed by atoms with Crippen LogP contribution in [0.1, 0.15) is 13.8 Å². The van der Waals surface area contributed by atoms with Gasteiger partial charge in [0.05, 0.1) is 12.6 Å². The van der Waals surface area contributed by atoms with E-state index in [1.807, 2.05) is 6.92 Å². The Morgan fingerprint density at radius 2 is 2.30 bits per heavy atom. The molecule has 0 aromatic carbocycles. The number of carbonyl (C=O) groups is 1. The Morgan fingerprint density at radius 1 is 1.70 bits per heavy atom. The molecule has 1 unspecified atom stereocenters. The summed E-state index contributed by atoms with van der Waals surface area (Å²) in [7, 11) is 1.72. The molecule has 0 aliphatic carbocycles. The van der Waals surface area contributed by atoms with Crippen molar-refractivity contribution in [2.75, 3.05) is 13.7 Å². The first-order valence-electron chi connectivity index (χ1n) is 3.31. The van der Waals surface area contributed by atoms with Crippen LogP contribution in [0.15, 0.2) is 0 Å². The molecular formula is C6H14N2O2. The molecule has 0 fully saturated rings. The zero-order valence-corrected chi connectivity index (χ0v) is 6.60. The molecule has 0 radical (unpaired) electrons. The van der Waals surface area contributed by atoms with E-state index in [2.05, 4.69) is 15.6 Å². The number of amides is 1. The first-order chi connectivity index (χ1) is 4.72. The zero-order valence-electron chi connectivity index (χ0n) is 6.60. The van der Waals surface area contributed by atoms with E-state index >= 15 is 0 Å². The Hall–Kier alpha value is -0.610. The maximum absolute atomic E-state index is 10.8. The summed E-state index contributed by atoms with van der Waals surface area (Å²) in [6.45, 7) is 4.06. The molecule has 0 aliphatic heterocycles. The Balaban J connectivity index is 3.42. The summed E-state index contributed by atoms with van der Waals surface area (Å²) >= 11 is 0. The molecule has 4 heteroatoms. The number of hydrogen-bond acceptors (Lipinski definition) is 3. The third-order valence-corrected chi connectivity index (χ3v) is 1.14. The van der Waals surface area contributed by atoms with Gasteiger partial charge in [-0.15, -0.1) is 0 Å². The minimum Gasteiger partial charge on any atom is -0.309 e. The van der Waals surface area contributed by atoms with E-state index in [1.165, 1.54) is 0 Å². The van der Waals surface area contributed by atoms with Crippen LogP contribution in [0, 0.1) is 0 Å². The van der Waals surface area contributed by atoms with Crippen LogP contribution in [-0.4, -0.2) is 25.6 Å². The molecule has 1 atom stereocenters. The van der Waals surface area contributed by atoms with Crippen LogP contribution in [0.25, 0.3) is 0 Å². The summed E-state index contributed by atoms with van der Waals surface area (Å²) in [6.07, 6.45) is 0. The van der Waals surface area contributed by atoms with Crippen molar-refractivity contribution in [3.8, 4) is 0 Å². The van der Waals surface area contributed by atoms with Crippen LogP contribution in [0.4, 0.5) is 0 Å². The van der Waals surface area contributed by atoms with Gasteiger partial charge < -0.3 is 5.32 Å². The van der Waals surface area contributed by atoms with Crippen molar-refractivity contribution in [2.45, 2.75) is 19.9 Å². The highest BCUT2D eigenvalue weighted by Gasteiger charge is 2.08. The second kappa shape index (κ2) is 5.20. The highest BCUT2D eigenvalue weighted by atomic mass is 16.6. The molecule has 60 valence electrons. The number of nitrogens with one attached hydrogen (secondary N) is 2. The van der Waals surface area contributed by atoms with Crippen molar-refractivity contribution in [1.82, 2.24) is 10.8 Å². The number of carbonyl (C=O) groups excluding carboxylic acids is 1. The summed E-state index contributed by atoms with van der Waals surface area (Å²) in [5.41, 5.74) is 2.28. The number of likely N-dealkylation sites (N-methyl/N-ethyl adjacent to an activating group) is 1. The fourth-order valence-corrected chi connectivity index (χ4v) is 0.363. The largest absolute Gasteiger partial charge is 0.309 e. The van der Waals surface area contributed by atoms with Crippen LogP contribution in [0.5, 0.6) is 0 Å². The van der Waals surface area contributed by atoms with Crippen molar-refractivity contribution in [3.05, 3.63) is 0 Å². The van der Waals surface area contributed by atoms with E-state index in [4.69, 9.17) is 0 Å². The van der Waals surface area contributed by atoms with Crippen LogP contribution in [0.2, 0.25) is 0 Å². The van der Waals surface area contributed by atoms with Gasteiger partial charge in [0, 0.05) is 0 Å². The van der Waals surface area contributed by atoms with Gasteiger partial charge in [-0.25, -0.2) is 5.48 Å². The van der Waals surface area contributed by atoms with E-state index in [9.17, 15) is 4.79 Å². The summed E-state index contributed by atoms with van der Waals surface area (Å²) in [6, 6.07) is -0.202. The van der Waals surface area contributed by atoms with E-state index in [0.29, 0.717) is 6.61 Å². The molecule has 0 aromatic heterocycles. The minimum atomic E-state index is -0.202. The number of hydroxylamine groups is 1. The van der Waals surface area contributed by atoms with Crippen LogP contribution in [-0.2, 0) is 9.63 Å². The van der Waals surface area contributed by atoms with Crippen molar-refractivity contribution in [1.29, 1.82) is 0 Å². The Morgan fingerprint density at radius 3 is 2.70 bits per heavy atom. The molecule has 0 aliphatic rings. The zero-order chi connectivity index (χ0) is 7.98. The van der Waals surface area contributed by atoms with Gasteiger partial charge in [0.15, 0.2) is 0 Å². The SMILES string of the molecule is CCONC(=O)C(C)NC. The fourth-order valence-electron chi connectivity index (χ4n) is 0.363. The number of rotatable bonds is 4. The van der Waals surface area contributed by atoms with E-state index in [-0.39, 0.29) is 11.9 Å². The molecule has 0 saturated heterocycles. The lowest BCUT2D eigenvalue weighted by atomic mass is 10.3. The summed E-state index contributed by atoms with van der Waals surface area (Å²) in [5.74, 6) is -0.149. The minimum absolute atomic E-state index is 0.149. The second-order valence-electron chi connectivity index (χ2n) is 1.91. The highest BCUT2D eigenvalue weighted by Crippen LogP contribution is 1.78. The summed E-state index contributed by atoms with van der Waals surface area (Å²) in [5, 5.41) is 2.78. The lowest BCUT2D eigenvalue weighted by Crippen LogP contribution is -2.40. The van der Waals surface area contributed by atoms with E-state index in [0.717, 1.165) is 0 Å². The normalized spacial score (nSPS) is 12.7. The maximum atomic E-state index is 10.8. The maximum Gasteiger partial charge on any atom is 0.260 e. The molecule has 0 rings (SSSR count). The topological polar surface area (TPSA) is 50.4 Å². The molecule has 0 aromatic rings. The smallest absolute Gasteiger partial charge is 0.260 e. The first kappa shape index (κ1) is 9.39. The van der Waals surface area contributed by atoms with Crippen molar-refractivity contribution >= 4 is 5.91 Å². The van der Waals surface area contributed by atoms with Gasteiger partial charge in [-0.05, 0) is 20.9 Å². The molecule has 10 heavy (non-hydrogen) atoms. The molecule has 1 amide bonds. The average molecular weight is 146 g/mol. The molecular weight excluding hydrogens is 132 g/mol. The lowest BCUT2D eigenvalue weighted by molar-refractivity contribution is -0.134. The molecule has 0 saturated carbocycles. The molecule has 2 N–H and O–H groups in total. The average Bonchev–Trinajstić information content (AvgIpc) is 1.98. The van der Waals surface area contributed by atoms with E-state index < -0.39 is 0 Å². The van der Waals surface area contributed by atoms with Crippen molar-refractivity contribution < 1.29 is 9.63 Å². The predicted molar refractivity (Wildman–Crippen MR) is 38.3 cm³/mol. The van der Waals surface area contributed by atoms with Gasteiger partial charge in [-0.2, -0.15) is 0 Å². The van der Waals surface area contributed by atoms with Gasteiger partial charge in [0.1, 0.15) is 0 Å². The Kier molecular flexibility index (Phi) is 4.88. The monoisotopic (exact) mass is 146 g/mol. The van der Waals surface area contributed by atoms with Crippen LogP contribution < -0.4 is 10.8 Å². The quantitative estimate of drug-likeness (QED) is 0.533. The van der Waals surface area contributed by atoms with Gasteiger partial charge >= 0.3 is 0 Å². The van der Waals surface area contributed by atoms with Crippen molar-refractivity contribution in [2.24, 2.45) is 0 Å². The molecule has 4 nitrogen and oxygen atoms in total. The third-order valence-electron chi connectivity index (χ3n) is 1.14. The van der Waals surface area contributed by atoms with Crippen LogP contribution in [0.3, 0.4) is 0 Å². The van der Waals surface area contributed by atoms with E-state index in [1.54, 1.807) is 14.0 Å². The Labute approximate surface area is 60.9 Å². The summed E-state index contributed by atoms with van der Waals surface area (Å²) in [4.78, 5) is 15.5. The predicted octanol–water partition coefficient (Wildman–Crippen LogP) is -0.338. The van der Waals surface area contributed by atoms with Gasteiger partial charge in [0.2, 0.25) is 0 Å². The van der Waals surface area contributed by atoms with Gasteiger partial charge in [-0.1, -0.05) is 0 Å². The number of hydrogen-bond donors (Lipinski definition) is 2. The molecule has 0 bridgehead atoms. The third kappa shape index (κ3) is 3.42. The molecule has 0 spiro atoms. The Bertz CT molecular complexity index is 106.